The lowest BCUT2D eigenvalue weighted by molar-refractivity contribution is -0.143. The van der Waals surface area contributed by atoms with Crippen LogP contribution in [0, 0.1) is 0 Å². The minimum Gasteiger partial charge on any atom is -0.331 e. The normalized spacial score (nSPS) is 16.3. The van der Waals surface area contributed by atoms with Crippen molar-refractivity contribution in [2.45, 2.75) is 64.6 Å². The molecule has 0 fully saturated rings. The highest BCUT2D eigenvalue weighted by Gasteiger charge is 2.38. The van der Waals surface area contributed by atoms with Crippen LogP contribution in [0.25, 0.3) is 0 Å². The number of carbonyl (C=O) groups excluding carboxylic acids is 1. The van der Waals surface area contributed by atoms with Crippen LogP contribution in [0.4, 0.5) is 38.0 Å². The monoisotopic (exact) mass is 573 g/mol. The molecule has 0 saturated carbocycles. The number of aromatic nitrogens is 3. The molecule has 1 aliphatic heterocycles. The molecular weight excluding hydrogens is 548 g/mol. The summed E-state index contributed by atoms with van der Waals surface area (Å²) in [5.41, 5.74) is -1.85. The summed E-state index contributed by atoms with van der Waals surface area (Å²) in [6.45, 7) is 5.20. The topological polar surface area (TPSA) is 54.3 Å². The van der Waals surface area contributed by atoms with Crippen molar-refractivity contribution in [3.05, 3.63) is 70.0 Å². The fourth-order valence-corrected chi connectivity index (χ4v) is 4.99. The van der Waals surface area contributed by atoms with Gasteiger partial charge in [-0.1, -0.05) is 17.7 Å². The van der Waals surface area contributed by atoms with Crippen molar-refractivity contribution in [1.82, 2.24) is 19.7 Å². The fourth-order valence-electron chi connectivity index (χ4n) is 4.82. The van der Waals surface area contributed by atoms with E-state index in [1.54, 1.807) is 24.5 Å². The molecule has 13 heteroatoms. The number of alkyl halides is 6. The Morgan fingerprint density at radius 1 is 1.08 bits per heavy atom. The van der Waals surface area contributed by atoms with Crippen molar-refractivity contribution in [2.24, 2.45) is 0 Å². The van der Waals surface area contributed by atoms with Gasteiger partial charge in [-0.15, -0.1) is 10.2 Å². The van der Waals surface area contributed by atoms with Gasteiger partial charge in [0.25, 0.3) is 0 Å². The van der Waals surface area contributed by atoms with Gasteiger partial charge in [-0.05, 0) is 68.1 Å². The molecule has 0 spiro atoms. The van der Waals surface area contributed by atoms with Crippen LogP contribution in [0.3, 0.4) is 0 Å². The molecule has 1 unspecified atom stereocenters. The second kappa shape index (κ2) is 10.7. The lowest BCUT2D eigenvalue weighted by Gasteiger charge is -2.33. The van der Waals surface area contributed by atoms with Crippen molar-refractivity contribution in [2.75, 3.05) is 11.4 Å². The van der Waals surface area contributed by atoms with Gasteiger partial charge in [0.15, 0.2) is 0 Å². The Balaban J connectivity index is 1.79. The Morgan fingerprint density at radius 2 is 1.72 bits per heavy atom. The number of rotatable bonds is 5. The summed E-state index contributed by atoms with van der Waals surface area (Å²) in [5, 5.41) is 8.71. The van der Waals surface area contributed by atoms with Crippen LogP contribution in [0.1, 0.15) is 68.0 Å². The molecule has 3 aromatic rings. The molecule has 210 valence electrons. The second-order valence-electron chi connectivity index (χ2n) is 9.71. The van der Waals surface area contributed by atoms with Crippen LogP contribution in [-0.2, 0) is 23.7 Å². The fraction of sp³-hybridized carbons (Fsp3) is 0.423. The van der Waals surface area contributed by atoms with E-state index in [1.165, 1.54) is 11.8 Å². The van der Waals surface area contributed by atoms with Crippen LogP contribution in [0.5, 0.6) is 0 Å². The van der Waals surface area contributed by atoms with E-state index >= 15 is 0 Å². The third kappa shape index (κ3) is 6.15. The molecule has 0 aliphatic carbocycles. The number of hydrogen-bond acceptors (Lipinski definition) is 4. The Kier molecular flexibility index (Phi) is 7.89. The summed E-state index contributed by atoms with van der Waals surface area (Å²) in [6, 6.07) is 5.85. The van der Waals surface area contributed by atoms with E-state index in [1.807, 2.05) is 23.3 Å². The molecule has 6 nitrogen and oxygen atoms in total. The number of carbonyl (C=O) groups is 1. The number of amides is 1. The first-order valence-electron chi connectivity index (χ1n) is 12.2. The van der Waals surface area contributed by atoms with E-state index in [9.17, 15) is 31.1 Å². The van der Waals surface area contributed by atoms with Crippen molar-refractivity contribution in [3.63, 3.8) is 0 Å². The highest BCUT2D eigenvalue weighted by Crippen LogP contribution is 2.42. The number of nitrogens with zero attached hydrogens (tertiary/aromatic N) is 5. The third-order valence-corrected chi connectivity index (χ3v) is 6.87. The van der Waals surface area contributed by atoms with Crippen molar-refractivity contribution in [1.29, 1.82) is 0 Å². The third-order valence-electron chi connectivity index (χ3n) is 6.63. The first kappa shape index (κ1) is 28.7. The molecule has 0 radical (unpaired) electrons. The maximum atomic E-state index is 13.5. The minimum atomic E-state index is -4.99. The first-order valence-corrected chi connectivity index (χ1v) is 12.6. The minimum absolute atomic E-state index is 0.0362. The van der Waals surface area contributed by atoms with Crippen LogP contribution < -0.4 is 4.90 Å². The maximum absolute atomic E-state index is 13.5. The zero-order valence-corrected chi connectivity index (χ0v) is 22.1. The van der Waals surface area contributed by atoms with E-state index in [0.717, 1.165) is 0 Å². The van der Waals surface area contributed by atoms with E-state index < -0.39 is 42.0 Å². The van der Waals surface area contributed by atoms with E-state index in [2.05, 4.69) is 10.2 Å². The molecular formula is C26H26ClF6N5O. The number of benzene rings is 2. The molecule has 0 N–H and O–H groups in total. The van der Waals surface area contributed by atoms with Crippen LogP contribution in [0.2, 0.25) is 5.02 Å². The molecule has 2 heterocycles. The predicted octanol–water partition coefficient (Wildman–Crippen LogP) is 7.57. The van der Waals surface area contributed by atoms with E-state index in [4.69, 9.17) is 11.6 Å². The van der Waals surface area contributed by atoms with Crippen LogP contribution in [0.15, 0.2) is 42.7 Å². The number of fused-ring (bicyclic) bond motifs is 1. The summed E-state index contributed by atoms with van der Waals surface area (Å²) in [5.74, 6) is 0.0573. The molecule has 0 saturated heterocycles. The largest absolute Gasteiger partial charge is 0.416 e. The average molecular weight is 574 g/mol. The first-order chi connectivity index (χ1) is 18.2. The van der Waals surface area contributed by atoms with Crippen molar-refractivity contribution < 1.29 is 31.1 Å². The van der Waals surface area contributed by atoms with Gasteiger partial charge in [0, 0.05) is 31.1 Å². The summed E-state index contributed by atoms with van der Waals surface area (Å²) in [6.07, 6.45) is -7.43. The van der Waals surface area contributed by atoms with Crippen LogP contribution in [-0.4, -0.2) is 32.1 Å². The Morgan fingerprint density at radius 3 is 2.28 bits per heavy atom. The summed E-state index contributed by atoms with van der Waals surface area (Å²) in [4.78, 5) is 16.1. The van der Waals surface area contributed by atoms with Gasteiger partial charge in [0.1, 0.15) is 6.33 Å². The van der Waals surface area contributed by atoms with E-state index in [0.29, 0.717) is 53.7 Å². The summed E-state index contributed by atoms with van der Waals surface area (Å²) >= 11 is 6.34. The maximum Gasteiger partial charge on any atom is 0.416 e. The summed E-state index contributed by atoms with van der Waals surface area (Å²) in [7, 11) is 0. The van der Waals surface area contributed by atoms with Crippen molar-refractivity contribution >= 4 is 29.1 Å². The summed E-state index contributed by atoms with van der Waals surface area (Å²) < 4.78 is 82.7. The lowest BCUT2D eigenvalue weighted by Crippen LogP contribution is -2.33. The Bertz CT molecular complexity index is 1320. The number of anilines is 2. The molecule has 2 aromatic carbocycles. The predicted molar refractivity (Wildman–Crippen MR) is 134 cm³/mol. The van der Waals surface area contributed by atoms with Gasteiger partial charge in [-0.2, -0.15) is 26.3 Å². The molecule has 1 amide bonds. The van der Waals surface area contributed by atoms with Gasteiger partial charge in [0.2, 0.25) is 11.9 Å². The average Bonchev–Trinajstić information content (AvgIpc) is 3.25. The molecule has 4 rings (SSSR count). The molecule has 1 atom stereocenters. The van der Waals surface area contributed by atoms with E-state index in [-0.39, 0.29) is 17.7 Å². The standard InChI is InChI=1S/C26H26ClF6N5O/c1-15(2)38-14-34-35-24(38)36-8-4-5-22(21-7-6-20(27)12-23(21)36)37(16(3)39)13-17-9-18(25(28,29)30)11-19(10-17)26(31,32)33/h6-7,9-12,14-15,22H,4-5,8,13H2,1-3H3. The smallest absolute Gasteiger partial charge is 0.331 e. The Labute approximate surface area is 226 Å². The highest BCUT2D eigenvalue weighted by molar-refractivity contribution is 6.30. The molecule has 1 aliphatic rings. The van der Waals surface area contributed by atoms with Gasteiger partial charge in [-0.3, -0.25) is 9.36 Å². The van der Waals surface area contributed by atoms with Gasteiger partial charge < -0.3 is 9.80 Å². The Hall–Kier alpha value is -3.28. The zero-order chi connectivity index (χ0) is 28.7. The quantitative estimate of drug-likeness (QED) is 0.295. The second-order valence-corrected chi connectivity index (χ2v) is 10.1. The van der Waals surface area contributed by atoms with Gasteiger partial charge in [0.05, 0.1) is 22.9 Å². The lowest BCUT2D eigenvalue weighted by atomic mass is 9.98. The zero-order valence-electron chi connectivity index (χ0n) is 21.3. The van der Waals surface area contributed by atoms with Gasteiger partial charge >= 0.3 is 12.4 Å². The number of halogens is 7. The van der Waals surface area contributed by atoms with Crippen LogP contribution >= 0.6 is 11.6 Å². The van der Waals surface area contributed by atoms with Gasteiger partial charge in [-0.25, -0.2) is 0 Å². The highest BCUT2D eigenvalue weighted by atomic mass is 35.5. The number of hydrogen-bond donors (Lipinski definition) is 0. The molecule has 1 aromatic heterocycles. The SMILES string of the molecule is CC(=O)N(Cc1cc(C(F)(F)F)cc(C(F)(F)F)c1)C1CCCN(c2nncn2C(C)C)c2cc(Cl)ccc21. The van der Waals surface area contributed by atoms with Crippen molar-refractivity contribution in [3.8, 4) is 0 Å². The molecule has 0 bridgehead atoms. The molecule has 39 heavy (non-hydrogen) atoms.